The van der Waals surface area contributed by atoms with E-state index in [9.17, 15) is 4.79 Å². The molecule has 0 aliphatic heterocycles. The maximum atomic E-state index is 13.0. The van der Waals surface area contributed by atoms with Gasteiger partial charge in [0.2, 0.25) is 0 Å². The number of rotatable bonds is 6. The summed E-state index contributed by atoms with van der Waals surface area (Å²) in [4.78, 5) is 17.2. The summed E-state index contributed by atoms with van der Waals surface area (Å²) in [6, 6.07) is 25.5. The topological polar surface area (TPSA) is 77.1 Å². The van der Waals surface area contributed by atoms with E-state index in [-0.39, 0.29) is 5.91 Å². The molecule has 0 atom stereocenters. The van der Waals surface area contributed by atoms with E-state index in [0.717, 1.165) is 39.6 Å². The molecule has 3 heterocycles. The molecule has 0 fully saturated rings. The molecule has 5 aromatic rings. The molecule has 3 aromatic heterocycles. The fourth-order valence-corrected chi connectivity index (χ4v) is 4.11. The molecule has 0 bridgehead atoms. The Hall–Kier alpha value is -4.78. The second-order valence-corrected chi connectivity index (χ2v) is 8.11. The zero-order valence-corrected chi connectivity index (χ0v) is 19.5. The van der Waals surface area contributed by atoms with Crippen LogP contribution < -0.4 is 5.43 Å². The van der Waals surface area contributed by atoms with Gasteiger partial charge in [0.15, 0.2) is 0 Å². The summed E-state index contributed by atoms with van der Waals surface area (Å²) in [6.07, 6.45) is 6.97. The van der Waals surface area contributed by atoms with Crippen molar-refractivity contribution in [3.05, 3.63) is 120 Å². The van der Waals surface area contributed by atoms with E-state index in [1.54, 1.807) is 23.3 Å². The molecule has 7 heteroatoms. The fraction of sp³-hybridized carbons (Fsp3) is 0.0714. The summed E-state index contributed by atoms with van der Waals surface area (Å²) < 4.78 is 3.85. The summed E-state index contributed by atoms with van der Waals surface area (Å²) in [6.45, 7) is 3.92. The number of nitrogens with one attached hydrogen (secondary N) is 1. The van der Waals surface area contributed by atoms with Gasteiger partial charge in [-0.15, -0.1) is 0 Å². The highest BCUT2D eigenvalue weighted by atomic mass is 16.2. The predicted octanol–water partition coefficient (Wildman–Crippen LogP) is 5.11. The first-order valence-corrected chi connectivity index (χ1v) is 11.2. The molecule has 1 amide bonds. The summed E-state index contributed by atoms with van der Waals surface area (Å²) in [5.74, 6) is -0.269. The smallest absolute Gasteiger partial charge is 0.273 e. The predicted molar refractivity (Wildman–Crippen MR) is 137 cm³/mol. The van der Waals surface area contributed by atoms with Gasteiger partial charge >= 0.3 is 0 Å². The maximum Gasteiger partial charge on any atom is 0.273 e. The zero-order valence-electron chi connectivity index (χ0n) is 19.5. The lowest BCUT2D eigenvalue weighted by Gasteiger charge is -2.09. The van der Waals surface area contributed by atoms with Crippen molar-refractivity contribution in [1.82, 2.24) is 24.8 Å². The number of para-hydroxylation sites is 2. The van der Waals surface area contributed by atoms with Crippen molar-refractivity contribution in [3.63, 3.8) is 0 Å². The van der Waals surface area contributed by atoms with Crippen molar-refractivity contribution in [1.29, 1.82) is 0 Å². The normalized spacial score (nSPS) is 11.1. The van der Waals surface area contributed by atoms with Crippen LogP contribution in [0.15, 0.2) is 103 Å². The number of hydrogen-bond acceptors (Lipinski definition) is 4. The third-order valence-corrected chi connectivity index (χ3v) is 5.76. The summed E-state index contributed by atoms with van der Waals surface area (Å²) >= 11 is 0. The highest BCUT2D eigenvalue weighted by molar-refractivity contribution is 5.97. The number of aryl methyl sites for hydroxylation is 1. The number of carbonyl (C=O) groups is 1. The molecule has 7 nitrogen and oxygen atoms in total. The standard InChI is InChI=1S/C28H24N6O/c1-20-16-26(21(2)34(20)25-13-7-4-8-14-25)28(35)31-30-18-23-19-33(24-11-5-3-6-12-24)32-27(23)22-10-9-15-29-17-22/h3-19H,1-2H3,(H,31,35). The molecule has 0 radical (unpaired) electrons. The number of nitrogens with zero attached hydrogens (tertiary/aromatic N) is 5. The van der Waals surface area contributed by atoms with E-state index in [2.05, 4.69) is 20.1 Å². The number of amides is 1. The van der Waals surface area contributed by atoms with Gasteiger partial charge in [-0.3, -0.25) is 9.78 Å². The summed E-state index contributed by atoms with van der Waals surface area (Å²) in [5.41, 5.74) is 9.37. The van der Waals surface area contributed by atoms with Crippen molar-refractivity contribution in [2.24, 2.45) is 5.10 Å². The van der Waals surface area contributed by atoms with Crippen molar-refractivity contribution in [2.45, 2.75) is 13.8 Å². The highest BCUT2D eigenvalue weighted by Gasteiger charge is 2.16. The molecular weight excluding hydrogens is 436 g/mol. The summed E-state index contributed by atoms with van der Waals surface area (Å²) in [7, 11) is 0. The van der Waals surface area contributed by atoms with Crippen LogP contribution in [0.1, 0.15) is 27.3 Å². The maximum absolute atomic E-state index is 13.0. The minimum atomic E-state index is -0.269. The Morgan fingerprint density at radius 3 is 2.34 bits per heavy atom. The van der Waals surface area contributed by atoms with Crippen LogP contribution in [-0.2, 0) is 0 Å². The third-order valence-electron chi connectivity index (χ3n) is 5.76. The van der Waals surface area contributed by atoms with Crippen molar-refractivity contribution < 1.29 is 4.79 Å². The van der Waals surface area contributed by atoms with E-state index in [1.807, 2.05) is 98.9 Å². The Bertz CT molecular complexity index is 1490. The molecule has 2 aromatic carbocycles. The molecule has 0 aliphatic carbocycles. The molecule has 0 aliphatic rings. The van der Waals surface area contributed by atoms with Crippen LogP contribution in [0.3, 0.4) is 0 Å². The van der Waals surface area contributed by atoms with E-state index in [1.165, 1.54) is 0 Å². The largest absolute Gasteiger partial charge is 0.318 e. The molecule has 35 heavy (non-hydrogen) atoms. The number of hydrogen-bond donors (Lipinski definition) is 1. The quantitative estimate of drug-likeness (QED) is 0.283. The second kappa shape index (κ2) is 9.61. The van der Waals surface area contributed by atoms with E-state index < -0.39 is 0 Å². The van der Waals surface area contributed by atoms with Gasteiger partial charge in [0, 0.05) is 46.8 Å². The minimum absolute atomic E-state index is 0.269. The number of aromatic nitrogens is 4. The molecule has 172 valence electrons. The van der Waals surface area contributed by atoms with Gasteiger partial charge in [-0.05, 0) is 56.3 Å². The third kappa shape index (κ3) is 4.52. The highest BCUT2D eigenvalue weighted by Crippen LogP contribution is 2.22. The van der Waals surface area contributed by atoms with Gasteiger partial charge in [0.05, 0.1) is 17.5 Å². The van der Waals surface area contributed by atoms with Crippen molar-refractivity contribution >= 4 is 12.1 Å². The van der Waals surface area contributed by atoms with Crippen LogP contribution in [0.4, 0.5) is 0 Å². The number of carbonyl (C=O) groups excluding carboxylic acids is 1. The van der Waals surface area contributed by atoms with Crippen molar-refractivity contribution in [2.75, 3.05) is 0 Å². The molecule has 0 spiro atoms. The lowest BCUT2D eigenvalue weighted by atomic mass is 10.1. The van der Waals surface area contributed by atoms with Gasteiger partial charge in [0.25, 0.3) is 5.91 Å². The van der Waals surface area contributed by atoms with Gasteiger partial charge in [-0.25, -0.2) is 10.1 Å². The Balaban J connectivity index is 1.42. The zero-order chi connectivity index (χ0) is 24.2. The van der Waals surface area contributed by atoms with Crippen LogP contribution in [0.5, 0.6) is 0 Å². The monoisotopic (exact) mass is 460 g/mol. The summed E-state index contributed by atoms with van der Waals surface area (Å²) in [5, 5.41) is 8.99. The lowest BCUT2D eigenvalue weighted by molar-refractivity contribution is 0.0954. The Morgan fingerprint density at radius 2 is 1.66 bits per heavy atom. The molecule has 5 rings (SSSR count). The van der Waals surface area contributed by atoms with Crippen molar-refractivity contribution in [3.8, 4) is 22.6 Å². The van der Waals surface area contributed by atoms with Gasteiger partial charge in [0.1, 0.15) is 5.69 Å². The number of benzene rings is 2. The molecular formula is C28H24N6O. The van der Waals surface area contributed by atoms with Gasteiger partial charge < -0.3 is 4.57 Å². The average molecular weight is 461 g/mol. The molecule has 0 saturated carbocycles. The molecule has 0 saturated heterocycles. The SMILES string of the molecule is Cc1cc(C(=O)NN=Cc2cn(-c3ccccc3)nc2-c2cccnc2)c(C)n1-c1ccccc1. The Morgan fingerprint density at radius 1 is 0.943 bits per heavy atom. The molecule has 0 unspecified atom stereocenters. The van der Waals surface area contributed by atoms with E-state index >= 15 is 0 Å². The fourth-order valence-electron chi connectivity index (χ4n) is 4.11. The van der Waals surface area contributed by atoms with Crippen LogP contribution >= 0.6 is 0 Å². The van der Waals surface area contributed by atoms with Gasteiger partial charge in [-0.1, -0.05) is 36.4 Å². The van der Waals surface area contributed by atoms with E-state index in [0.29, 0.717) is 5.56 Å². The number of pyridine rings is 1. The second-order valence-electron chi connectivity index (χ2n) is 8.11. The van der Waals surface area contributed by atoms with Crippen LogP contribution in [0.2, 0.25) is 0 Å². The van der Waals surface area contributed by atoms with Crippen LogP contribution in [0.25, 0.3) is 22.6 Å². The molecule has 1 N–H and O–H groups in total. The lowest BCUT2D eigenvalue weighted by Crippen LogP contribution is -2.18. The first kappa shape index (κ1) is 22.0. The first-order chi connectivity index (χ1) is 17.1. The number of hydrazone groups is 1. The van der Waals surface area contributed by atoms with Crippen LogP contribution in [-0.4, -0.2) is 31.5 Å². The average Bonchev–Trinajstić information content (AvgIpc) is 3.46. The minimum Gasteiger partial charge on any atom is -0.318 e. The first-order valence-electron chi connectivity index (χ1n) is 11.2. The Kier molecular flexibility index (Phi) is 6.05. The van der Waals surface area contributed by atoms with E-state index in [4.69, 9.17) is 5.10 Å². The van der Waals surface area contributed by atoms with Crippen LogP contribution in [0, 0.1) is 13.8 Å². The Labute approximate surface area is 203 Å². The van der Waals surface area contributed by atoms with Gasteiger partial charge in [-0.2, -0.15) is 10.2 Å².